The summed E-state index contributed by atoms with van der Waals surface area (Å²) >= 11 is 0. The van der Waals surface area contributed by atoms with Crippen molar-refractivity contribution in [1.29, 1.82) is 0 Å². The van der Waals surface area contributed by atoms with E-state index in [0.29, 0.717) is 12.5 Å². The lowest BCUT2D eigenvalue weighted by molar-refractivity contribution is 0.0988. The van der Waals surface area contributed by atoms with E-state index in [-0.39, 0.29) is 5.78 Å². The monoisotopic (exact) mass is 245 g/mol. The Morgan fingerprint density at radius 1 is 1.17 bits per heavy atom. The van der Waals surface area contributed by atoms with Gasteiger partial charge in [0, 0.05) is 23.7 Å². The smallest absolute Gasteiger partial charge is 0.162 e. The Hall–Kier alpha value is -1.31. The fourth-order valence-corrected chi connectivity index (χ4v) is 2.60. The van der Waals surface area contributed by atoms with Gasteiger partial charge in [-0.05, 0) is 55.9 Å². The summed E-state index contributed by atoms with van der Waals surface area (Å²) in [6.45, 7) is 4.24. The second kappa shape index (κ2) is 6.03. The SMILES string of the molecule is CCC(=O)c1ccc(NC2CCC(C)CC2)cc1. The number of benzene rings is 1. The molecular formula is C16H23NO. The van der Waals surface area contributed by atoms with E-state index in [4.69, 9.17) is 0 Å². The zero-order valence-corrected chi connectivity index (χ0v) is 11.4. The van der Waals surface area contributed by atoms with Crippen LogP contribution in [0.15, 0.2) is 24.3 Å². The van der Waals surface area contributed by atoms with Crippen LogP contribution in [0.4, 0.5) is 5.69 Å². The van der Waals surface area contributed by atoms with E-state index < -0.39 is 0 Å². The van der Waals surface area contributed by atoms with Gasteiger partial charge >= 0.3 is 0 Å². The Morgan fingerprint density at radius 2 is 1.78 bits per heavy atom. The summed E-state index contributed by atoms with van der Waals surface area (Å²) in [5.41, 5.74) is 1.96. The van der Waals surface area contributed by atoms with Crippen molar-refractivity contribution in [3.8, 4) is 0 Å². The molecule has 0 radical (unpaired) electrons. The fraction of sp³-hybridized carbons (Fsp3) is 0.562. The van der Waals surface area contributed by atoms with Crippen molar-refractivity contribution < 1.29 is 4.79 Å². The van der Waals surface area contributed by atoms with Crippen LogP contribution in [0.3, 0.4) is 0 Å². The largest absolute Gasteiger partial charge is 0.382 e. The molecule has 0 unspecified atom stereocenters. The molecule has 0 saturated heterocycles. The van der Waals surface area contributed by atoms with Crippen LogP contribution < -0.4 is 5.32 Å². The lowest BCUT2D eigenvalue weighted by atomic mass is 9.87. The molecule has 1 aromatic carbocycles. The summed E-state index contributed by atoms with van der Waals surface area (Å²) in [6.07, 6.45) is 5.75. The van der Waals surface area contributed by atoms with Crippen molar-refractivity contribution in [2.45, 2.75) is 52.0 Å². The summed E-state index contributed by atoms with van der Waals surface area (Å²) in [4.78, 5) is 11.5. The third-order valence-electron chi connectivity index (χ3n) is 3.91. The number of carbonyl (C=O) groups is 1. The quantitative estimate of drug-likeness (QED) is 0.803. The molecule has 1 aromatic rings. The summed E-state index contributed by atoms with van der Waals surface area (Å²) in [6, 6.07) is 8.52. The van der Waals surface area contributed by atoms with Crippen LogP contribution in [0, 0.1) is 5.92 Å². The zero-order chi connectivity index (χ0) is 13.0. The van der Waals surface area contributed by atoms with Gasteiger partial charge in [0.2, 0.25) is 0 Å². The van der Waals surface area contributed by atoms with Gasteiger partial charge in [-0.2, -0.15) is 0 Å². The first kappa shape index (κ1) is 13.1. The van der Waals surface area contributed by atoms with E-state index in [1.807, 2.05) is 31.2 Å². The highest BCUT2D eigenvalue weighted by molar-refractivity contribution is 5.96. The molecule has 0 spiro atoms. The topological polar surface area (TPSA) is 29.1 Å². The first-order valence-corrected chi connectivity index (χ1v) is 7.09. The van der Waals surface area contributed by atoms with Crippen LogP contribution in [-0.2, 0) is 0 Å². The molecule has 1 aliphatic carbocycles. The van der Waals surface area contributed by atoms with E-state index in [0.717, 1.165) is 17.2 Å². The highest BCUT2D eigenvalue weighted by atomic mass is 16.1. The Kier molecular flexibility index (Phi) is 4.40. The molecular weight excluding hydrogens is 222 g/mol. The molecule has 98 valence electrons. The van der Waals surface area contributed by atoms with Crippen LogP contribution in [-0.4, -0.2) is 11.8 Å². The molecule has 0 bridgehead atoms. The summed E-state index contributed by atoms with van der Waals surface area (Å²) < 4.78 is 0. The fourth-order valence-electron chi connectivity index (χ4n) is 2.60. The molecule has 2 heteroatoms. The molecule has 2 rings (SSSR count). The first-order chi connectivity index (χ1) is 8.69. The molecule has 0 aliphatic heterocycles. The maximum Gasteiger partial charge on any atom is 0.162 e. The summed E-state index contributed by atoms with van der Waals surface area (Å²) in [7, 11) is 0. The minimum atomic E-state index is 0.216. The number of hydrogen-bond donors (Lipinski definition) is 1. The van der Waals surface area contributed by atoms with E-state index in [2.05, 4.69) is 12.2 Å². The Balaban J connectivity index is 1.92. The number of Topliss-reactive ketones (excluding diaryl/α,β-unsaturated/α-hetero) is 1. The van der Waals surface area contributed by atoms with Crippen molar-refractivity contribution in [3.63, 3.8) is 0 Å². The maximum atomic E-state index is 11.5. The average Bonchev–Trinajstić information content (AvgIpc) is 2.41. The van der Waals surface area contributed by atoms with Crippen molar-refractivity contribution in [2.75, 3.05) is 5.32 Å². The van der Waals surface area contributed by atoms with Crippen molar-refractivity contribution in [3.05, 3.63) is 29.8 Å². The van der Waals surface area contributed by atoms with Crippen LogP contribution >= 0.6 is 0 Å². The standard InChI is InChI=1S/C16H23NO/c1-3-16(18)13-6-10-15(11-7-13)17-14-8-4-12(2)5-9-14/h6-7,10-12,14,17H,3-5,8-9H2,1-2H3. The highest BCUT2D eigenvalue weighted by Crippen LogP contribution is 2.26. The maximum absolute atomic E-state index is 11.5. The normalized spacial score (nSPS) is 23.7. The third-order valence-corrected chi connectivity index (χ3v) is 3.91. The van der Waals surface area contributed by atoms with E-state index in [1.54, 1.807) is 0 Å². The number of nitrogens with one attached hydrogen (secondary N) is 1. The van der Waals surface area contributed by atoms with Gasteiger partial charge in [0.15, 0.2) is 5.78 Å². The minimum Gasteiger partial charge on any atom is -0.382 e. The van der Waals surface area contributed by atoms with Gasteiger partial charge in [0.25, 0.3) is 0 Å². The predicted octanol–water partition coefficient (Wildman–Crippen LogP) is 4.27. The van der Waals surface area contributed by atoms with Gasteiger partial charge in [0.05, 0.1) is 0 Å². The van der Waals surface area contributed by atoms with Crippen LogP contribution in [0.2, 0.25) is 0 Å². The van der Waals surface area contributed by atoms with Gasteiger partial charge in [0.1, 0.15) is 0 Å². The first-order valence-electron chi connectivity index (χ1n) is 7.09. The Labute approximate surface area is 110 Å². The van der Waals surface area contributed by atoms with E-state index in [1.165, 1.54) is 25.7 Å². The molecule has 0 atom stereocenters. The second-order valence-corrected chi connectivity index (χ2v) is 5.46. The van der Waals surface area contributed by atoms with Gasteiger partial charge < -0.3 is 5.32 Å². The molecule has 1 fully saturated rings. The van der Waals surface area contributed by atoms with Crippen LogP contribution in [0.1, 0.15) is 56.3 Å². The van der Waals surface area contributed by atoms with Crippen molar-refractivity contribution in [2.24, 2.45) is 5.92 Å². The average molecular weight is 245 g/mol. The number of rotatable bonds is 4. The van der Waals surface area contributed by atoms with Gasteiger partial charge in [-0.1, -0.05) is 13.8 Å². The minimum absolute atomic E-state index is 0.216. The Bertz CT molecular complexity index is 388. The second-order valence-electron chi connectivity index (χ2n) is 5.46. The van der Waals surface area contributed by atoms with Crippen LogP contribution in [0.5, 0.6) is 0 Å². The molecule has 18 heavy (non-hydrogen) atoms. The highest BCUT2D eigenvalue weighted by Gasteiger charge is 2.17. The lowest BCUT2D eigenvalue weighted by Crippen LogP contribution is -2.25. The molecule has 0 aromatic heterocycles. The molecule has 0 heterocycles. The molecule has 2 nitrogen and oxygen atoms in total. The van der Waals surface area contributed by atoms with Crippen molar-refractivity contribution in [1.82, 2.24) is 0 Å². The number of ketones is 1. The Morgan fingerprint density at radius 3 is 2.33 bits per heavy atom. The van der Waals surface area contributed by atoms with E-state index >= 15 is 0 Å². The third kappa shape index (κ3) is 3.34. The number of hydrogen-bond acceptors (Lipinski definition) is 2. The predicted molar refractivity (Wildman–Crippen MR) is 76.1 cm³/mol. The molecule has 1 aliphatic rings. The number of anilines is 1. The molecule has 1 saturated carbocycles. The summed E-state index contributed by atoms with van der Waals surface area (Å²) in [5.74, 6) is 1.10. The van der Waals surface area contributed by atoms with Crippen LogP contribution in [0.25, 0.3) is 0 Å². The number of carbonyl (C=O) groups excluding carboxylic acids is 1. The zero-order valence-electron chi connectivity index (χ0n) is 11.4. The molecule has 1 N–H and O–H groups in total. The van der Waals surface area contributed by atoms with Crippen molar-refractivity contribution >= 4 is 11.5 Å². The van der Waals surface area contributed by atoms with Gasteiger partial charge in [-0.15, -0.1) is 0 Å². The summed E-state index contributed by atoms with van der Waals surface area (Å²) in [5, 5.41) is 3.57. The van der Waals surface area contributed by atoms with E-state index in [9.17, 15) is 4.79 Å². The van der Waals surface area contributed by atoms with Gasteiger partial charge in [-0.3, -0.25) is 4.79 Å². The molecule has 0 amide bonds. The van der Waals surface area contributed by atoms with Gasteiger partial charge in [-0.25, -0.2) is 0 Å². The lowest BCUT2D eigenvalue weighted by Gasteiger charge is -2.27.